The molecule has 0 bridgehead atoms. The van der Waals surface area contributed by atoms with Gasteiger partial charge in [-0.3, -0.25) is 5.41 Å². The smallest absolute Gasteiger partial charge is 0.129 e. The van der Waals surface area contributed by atoms with E-state index in [-0.39, 0.29) is 6.04 Å². The van der Waals surface area contributed by atoms with E-state index in [1.807, 2.05) is 25.1 Å². The molecule has 2 aromatic rings. The van der Waals surface area contributed by atoms with Gasteiger partial charge in [0.25, 0.3) is 0 Å². The van der Waals surface area contributed by atoms with E-state index in [1.54, 1.807) is 11.3 Å². The lowest BCUT2D eigenvalue weighted by molar-refractivity contribution is 0.340. The van der Waals surface area contributed by atoms with Crippen LogP contribution in [0.25, 0.3) is 0 Å². The zero-order chi connectivity index (χ0) is 12.7. The summed E-state index contributed by atoms with van der Waals surface area (Å²) in [6.45, 7) is 4.95. The third-order valence-corrected chi connectivity index (χ3v) is 4.49. The Kier molecular flexibility index (Phi) is 2.67. The first kappa shape index (κ1) is 11.4. The maximum absolute atomic E-state index is 8.28. The molecule has 1 N–H and O–H groups in total. The average molecular weight is 257 g/mol. The largest absolute Gasteiger partial charge is 0.343 e. The van der Waals surface area contributed by atoms with Crippen molar-refractivity contribution in [2.24, 2.45) is 0 Å². The summed E-state index contributed by atoms with van der Waals surface area (Å²) in [6.07, 6.45) is 0. The van der Waals surface area contributed by atoms with Crippen LogP contribution in [-0.2, 0) is 6.54 Å². The Hall–Kier alpha value is -1.68. The van der Waals surface area contributed by atoms with Crippen LogP contribution in [0.2, 0.25) is 0 Å². The van der Waals surface area contributed by atoms with E-state index in [0.717, 1.165) is 22.8 Å². The fourth-order valence-electron chi connectivity index (χ4n) is 2.33. The van der Waals surface area contributed by atoms with Crippen LogP contribution in [0.3, 0.4) is 0 Å². The number of aryl methyl sites for hydroxylation is 1. The van der Waals surface area contributed by atoms with Crippen molar-refractivity contribution < 1.29 is 0 Å². The van der Waals surface area contributed by atoms with Crippen LogP contribution in [-0.4, -0.2) is 15.7 Å². The molecule has 1 atom stereocenters. The SMILES string of the molecule is Cc1csc(C(C)N2Cc3ccccc3C2=N)n1. The zero-order valence-electron chi connectivity index (χ0n) is 10.5. The van der Waals surface area contributed by atoms with Crippen LogP contribution in [0.1, 0.15) is 34.8 Å². The minimum atomic E-state index is 0.170. The molecule has 18 heavy (non-hydrogen) atoms. The molecule has 2 heterocycles. The lowest BCUT2D eigenvalue weighted by Gasteiger charge is -2.24. The second-order valence-electron chi connectivity index (χ2n) is 4.64. The second-order valence-corrected chi connectivity index (χ2v) is 5.53. The van der Waals surface area contributed by atoms with Gasteiger partial charge in [-0.1, -0.05) is 24.3 Å². The number of fused-ring (bicyclic) bond motifs is 1. The maximum Gasteiger partial charge on any atom is 0.129 e. The summed E-state index contributed by atoms with van der Waals surface area (Å²) >= 11 is 1.68. The summed E-state index contributed by atoms with van der Waals surface area (Å²) in [6, 6.07) is 8.33. The highest BCUT2D eigenvalue weighted by Crippen LogP contribution is 2.32. The van der Waals surface area contributed by atoms with E-state index in [1.165, 1.54) is 5.56 Å². The molecule has 0 radical (unpaired) electrons. The van der Waals surface area contributed by atoms with Crippen molar-refractivity contribution in [2.75, 3.05) is 0 Å². The van der Waals surface area contributed by atoms with Crippen molar-refractivity contribution in [1.29, 1.82) is 5.41 Å². The molecule has 0 saturated carbocycles. The summed E-state index contributed by atoms with van der Waals surface area (Å²) in [7, 11) is 0. The van der Waals surface area contributed by atoms with Gasteiger partial charge >= 0.3 is 0 Å². The minimum Gasteiger partial charge on any atom is -0.343 e. The molecule has 1 aliphatic rings. The Balaban J connectivity index is 1.90. The standard InChI is InChI=1S/C14H15N3S/c1-9-8-18-14(16-9)10(2)17-7-11-5-3-4-6-12(11)13(17)15/h3-6,8,10,15H,7H2,1-2H3. The minimum absolute atomic E-state index is 0.170. The van der Waals surface area contributed by atoms with Crippen molar-refractivity contribution >= 4 is 17.2 Å². The van der Waals surface area contributed by atoms with Gasteiger partial charge in [0.05, 0.1) is 6.04 Å². The first-order valence-electron chi connectivity index (χ1n) is 6.02. The van der Waals surface area contributed by atoms with Crippen molar-refractivity contribution in [3.8, 4) is 0 Å². The number of nitrogens with one attached hydrogen (secondary N) is 1. The van der Waals surface area contributed by atoms with E-state index in [2.05, 4.69) is 28.3 Å². The molecule has 3 rings (SSSR count). The Morgan fingerprint density at radius 2 is 2.17 bits per heavy atom. The molecular weight excluding hydrogens is 242 g/mol. The van der Waals surface area contributed by atoms with Gasteiger partial charge in [-0.25, -0.2) is 4.98 Å². The van der Waals surface area contributed by atoms with Gasteiger partial charge in [0.1, 0.15) is 10.8 Å². The second kappa shape index (κ2) is 4.21. The first-order chi connectivity index (χ1) is 8.66. The van der Waals surface area contributed by atoms with Crippen molar-refractivity contribution in [3.05, 3.63) is 51.5 Å². The highest BCUT2D eigenvalue weighted by Gasteiger charge is 2.29. The molecule has 1 aliphatic heterocycles. The number of hydrogen-bond acceptors (Lipinski definition) is 3. The van der Waals surface area contributed by atoms with Gasteiger partial charge in [-0.05, 0) is 19.4 Å². The first-order valence-corrected chi connectivity index (χ1v) is 6.90. The summed E-state index contributed by atoms with van der Waals surface area (Å²) in [5.41, 5.74) is 3.35. The number of amidine groups is 1. The van der Waals surface area contributed by atoms with Crippen molar-refractivity contribution in [3.63, 3.8) is 0 Å². The molecule has 1 aromatic heterocycles. The highest BCUT2D eigenvalue weighted by molar-refractivity contribution is 7.09. The van der Waals surface area contributed by atoms with Crippen LogP contribution in [0, 0.1) is 12.3 Å². The maximum atomic E-state index is 8.28. The Morgan fingerprint density at radius 3 is 2.83 bits per heavy atom. The predicted molar refractivity (Wildman–Crippen MR) is 74.1 cm³/mol. The zero-order valence-corrected chi connectivity index (χ0v) is 11.3. The molecule has 1 unspecified atom stereocenters. The van der Waals surface area contributed by atoms with Crippen molar-refractivity contribution in [1.82, 2.24) is 9.88 Å². The Morgan fingerprint density at radius 1 is 1.39 bits per heavy atom. The topological polar surface area (TPSA) is 40.0 Å². The van der Waals surface area contributed by atoms with E-state index in [9.17, 15) is 0 Å². The van der Waals surface area contributed by atoms with Crippen LogP contribution >= 0.6 is 11.3 Å². The van der Waals surface area contributed by atoms with Crippen molar-refractivity contribution in [2.45, 2.75) is 26.4 Å². The molecule has 0 saturated heterocycles. The van der Waals surface area contributed by atoms with E-state index < -0.39 is 0 Å². The fraction of sp³-hybridized carbons (Fsp3) is 0.286. The lowest BCUT2D eigenvalue weighted by atomic mass is 10.1. The Labute approximate surface area is 111 Å². The van der Waals surface area contributed by atoms with Crippen LogP contribution in [0.4, 0.5) is 0 Å². The fourth-order valence-corrected chi connectivity index (χ4v) is 3.20. The predicted octanol–water partition coefficient (Wildman–Crippen LogP) is 3.35. The normalized spacial score (nSPS) is 15.9. The molecule has 0 spiro atoms. The van der Waals surface area contributed by atoms with Crippen LogP contribution in [0.15, 0.2) is 29.6 Å². The number of nitrogens with zero attached hydrogens (tertiary/aromatic N) is 2. The number of benzene rings is 1. The molecule has 4 heteroatoms. The van der Waals surface area contributed by atoms with E-state index in [4.69, 9.17) is 5.41 Å². The van der Waals surface area contributed by atoms with Gasteiger partial charge < -0.3 is 4.90 Å². The van der Waals surface area contributed by atoms with Crippen LogP contribution in [0.5, 0.6) is 0 Å². The monoisotopic (exact) mass is 257 g/mol. The summed E-state index contributed by atoms with van der Waals surface area (Å²) in [4.78, 5) is 6.65. The van der Waals surface area contributed by atoms with Gasteiger partial charge in [-0.2, -0.15) is 0 Å². The quantitative estimate of drug-likeness (QED) is 0.896. The number of hydrogen-bond donors (Lipinski definition) is 1. The molecule has 1 aromatic carbocycles. The Bertz CT molecular complexity index is 603. The molecule has 0 aliphatic carbocycles. The number of aromatic nitrogens is 1. The molecule has 0 amide bonds. The number of thiazole rings is 1. The molecule has 0 fully saturated rings. The lowest BCUT2D eigenvalue weighted by Crippen LogP contribution is -2.27. The van der Waals surface area contributed by atoms with Crippen LogP contribution < -0.4 is 0 Å². The van der Waals surface area contributed by atoms with E-state index in [0.29, 0.717) is 5.84 Å². The van der Waals surface area contributed by atoms with E-state index >= 15 is 0 Å². The molecule has 92 valence electrons. The third-order valence-electron chi connectivity index (χ3n) is 3.36. The highest BCUT2D eigenvalue weighted by atomic mass is 32.1. The molecular formula is C14H15N3S. The average Bonchev–Trinajstić information content (AvgIpc) is 2.94. The third kappa shape index (κ3) is 1.73. The van der Waals surface area contributed by atoms with Gasteiger partial charge in [0.2, 0.25) is 0 Å². The van der Waals surface area contributed by atoms with Gasteiger partial charge in [0, 0.05) is 23.2 Å². The summed E-state index contributed by atoms with van der Waals surface area (Å²) in [5.74, 6) is 0.617. The molecule has 3 nitrogen and oxygen atoms in total. The van der Waals surface area contributed by atoms with Gasteiger partial charge in [-0.15, -0.1) is 11.3 Å². The number of rotatable bonds is 2. The van der Waals surface area contributed by atoms with Gasteiger partial charge in [0.15, 0.2) is 0 Å². The summed E-state index contributed by atoms with van der Waals surface area (Å²) in [5, 5.41) is 11.4. The summed E-state index contributed by atoms with van der Waals surface area (Å²) < 4.78 is 0.